The van der Waals surface area contributed by atoms with Gasteiger partial charge < -0.3 is 15.4 Å². The smallest absolute Gasteiger partial charge is 0.116 e. The summed E-state index contributed by atoms with van der Waals surface area (Å²) in [5, 5.41) is 10.7. The average Bonchev–Trinajstić information content (AvgIpc) is 2.64. The molecule has 0 radical (unpaired) electrons. The zero-order chi connectivity index (χ0) is 11.5. The van der Waals surface area contributed by atoms with Crippen molar-refractivity contribution in [1.29, 1.82) is 0 Å². The molecule has 0 atom stereocenters. The third-order valence-corrected chi connectivity index (χ3v) is 2.94. The number of phenolic OH excluding ortho intramolecular Hbond substituents is 1. The second-order valence-electron chi connectivity index (χ2n) is 4.03. The number of benzene rings is 1. The highest BCUT2D eigenvalue weighted by Gasteiger charge is 2.07. The van der Waals surface area contributed by atoms with Crippen molar-refractivity contribution >= 4 is 10.9 Å². The van der Waals surface area contributed by atoms with Gasteiger partial charge in [-0.05, 0) is 50.1 Å². The van der Waals surface area contributed by atoms with Crippen LogP contribution >= 0.6 is 0 Å². The van der Waals surface area contributed by atoms with Gasteiger partial charge in [0.1, 0.15) is 5.75 Å². The number of nitrogens with zero attached hydrogens (tertiary/aromatic N) is 1. The van der Waals surface area contributed by atoms with Gasteiger partial charge >= 0.3 is 0 Å². The van der Waals surface area contributed by atoms with Crippen molar-refractivity contribution in [2.75, 3.05) is 6.54 Å². The molecule has 0 fully saturated rings. The fraction of sp³-hybridized carbons (Fsp3) is 0.385. The van der Waals surface area contributed by atoms with Crippen molar-refractivity contribution in [1.82, 2.24) is 4.57 Å². The van der Waals surface area contributed by atoms with Crippen LogP contribution in [0.5, 0.6) is 5.75 Å². The minimum Gasteiger partial charge on any atom is -0.508 e. The topological polar surface area (TPSA) is 51.2 Å². The van der Waals surface area contributed by atoms with Gasteiger partial charge in [-0.2, -0.15) is 0 Å². The highest BCUT2D eigenvalue weighted by atomic mass is 16.3. The summed E-state index contributed by atoms with van der Waals surface area (Å²) < 4.78 is 2.21. The normalized spacial score (nSPS) is 11.1. The number of hydrogen-bond donors (Lipinski definition) is 2. The molecule has 0 aliphatic heterocycles. The summed E-state index contributed by atoms with van der Waals surface area (Å²) in [5.41, 5.74) is 8.00. The van der Waals surface area contributed by atoms with Gasteiger partial charge in [0.2, 0.25) is 0 Å². The molecule has 0 amide bonds. The Bertz CT molecular complexity index is 488. The van der Waals surface area contributed by atoms with E-state index in [-0.39, 0.29) is 0 Å². The minimum atomic E-state index is 0.329. The minimum absolute atomic E-state index is 0.329. The molecule has 1 aromatic carbocycles. The molecular weight excluding hydrogens is 200 g/mol. The molecule has 0 saturated heterocycles. The summed E-state index contributed by atoms with van der Waals surface area (Å²) in [4.78, 5) is 0. The number of hydrogen-bond acceptors (Lipinski definition) is 2. The second kappa shape index (κ2) is 4.58. The van der Waals surface area contributed by atoms with E-state index in [2.05, 4.69) is 17.7 Å². The van der Waals surface area contributed by atoms with E-state index in [0.717, 1.165) is 24.8 Å². The van der Waals surface area contributed by atoms with Gasteiger partial charge in [-0.25, -0.2) is 0 Å². The molecule has 0 saturated carbocycles. The van der Waals surface area contributed by atoms with Gasteiger partial charge in [0.25, 0.3) is 0 Å². The Kier molecular flexibility index (Phi) is 3.15. The largest absolute Gasteiger partial charge is 0.508 e. The van der Waals surface area contributed by atoms with Crippen LogP contribution in [0.1, 0.15) is 18.9 Å². The molecule has 3 N–H and O–H groups in total. The number of aromatic nitrogens is 1. The van der Waals surface area contributed by atoms with Gasteiger partial charge in [0.15, 0.2) is 0 Å². The maximum absolute atomic E-state index is 9.53. The van der Waals surface area contributed by atoms with E-state index in [1.54, 1.807) is 6.07 Å². The molecular formula is C13H18N2O. The number of phenols is 1. The third-order valence-electron chi connectivity index (χ3n) is 2.94. The Labute approximate surface area is 95.5 Å². The van der Waals surface area contributed by atoms with E-state index >= 15 is 0 Å². The second-order valence-corrected chi connectivity index (χ2v) is 4.03. The molecule has 3 nitrogen and oxygen atoms in total. The van der Waals surface area contributed by atoms with Crippen LogP contribution in [0.3, 0.4) is 0 Å². The van der Waals surface area contributed by atoms with Crippen LogP contribution in [0.2, 0.25) is 0 Å². The van der Waals surface area contributed by atoms with E-state index in [1.165, 1.54) is 11.1 Å². The van der Waals surface area contributed by atoms with Crippen LogP contribution in [-0.4, -0.2) is 16.2 Å². The molecule has 2 aromatic rings. The highest BCUT2D eigenvalue weighted by molar-refractivity contribution is 5.85. The maximum Gasteiger partial charge on any atom is 0.116 e. The fourth-order valence-electron chi connectivity index (χ4n) is 2.11. The quantitative estimate of drug-likeness (QED) is 0.827. The third kappa shape index (κ3) is 1.91. The summed E-state index contributed by atoms with van der Waals surface area (Å²) in [6.07, 6.45) is 4.13. The van der Waals surface area contributed by atoms with Crippen molar-refractivity contribution in [2.45, 2.75) is 26.3 Å². The number of nitrogens with two attached hydrogens (primary N) is 1. The molecule has 2 rings (SSSR count). The van der Waals surface area contributed by atoms with Gasteiger partial charge in [0.05, 0.1) is 0 Å². The van der Waals surface area contributed by atoms with Crippen LogP contribution in [0.4, 0.5) is 0 Å². The molecule has 0 aliphatic carbocycles. The molecule has 16 heavy (non-hydrogen) atoms. The number of aromatic hydroxyl groups is 1. The summed E-state index contributed by atoms with van der Waals surface area (Å²) in [6.45, 7) is 3.78. The van der Waals surface area contributed by atoms with E-state index in [0.29, 0.717) is 12.3 Å². The van der Waals surface area contributed by atoms with Crippen LogP contribution in [0, 0.1) is 0 Å². The maximum atomic E-state index is 9.53. The molecule has 0 spiro atoms. The first-order valence-electron chi connectivity index (χ1n) is 5.77. The predicted octanol–water partition coefficient (Wildman–Crippen LogP) is 2.26. The van der Waals surface area contributed by atoms with Crippen LogP contribution in [-0.2, 0) is 13.0 Å². The Morgan fingerprint density at radius 3 is 2.88 bits per heavy atom. The Hall–Kier alpha value is -1.48. The monoisotopic (exact) mass is 218 g/mol. The van der Waals surface area contributed by atoms with Gasteiger partial charge in [-0.3, -0.25) is 0 Å². The van der Waals surface area contributed by atoms with Crippen molar-refractivity contribution in [2.24, 2.45) is 5.73 Å². The average molecular weight is 218 g/mol. The van der Waals surface area contributed by atoms with E-state index in [9.17, 15) is 5.11 Å². The fourth-order valence-corrected chi connectivity index (χ4v) is 2.11. The van der Waals surface area contributed by atoms with Crippen molar-refractivity contribution in [3.63, 3.8) is 0 Å². The van der Waals surface area contributed by atoms with Gasteiger partial charge in [0, 0.05) is 23.6 Å². The lowest BCUT2D eigenvalue weighted by Gasteiger charge is -1.99. The molecule has 0 bridgehead atoms. The van der Waals surface area contributed by atoms with Crippen molar-refractivity contribution in [3.05, 3.63) is 30.0 Å². The zero-order valence-corrected chi connectivity index (χ0v) is 9.61. The molecule has 0 unspecified atom stereocenters. The first-order chi connectivity index (χ1) is 7.76. The zero-order valence-electron chi connectivity index (χ0n) is 9.61. The van der Waals surface area contributed by atoms with Crippen LogP contribution in [0.15, 0.2) is 24.4 Å². The number of aryl methyl sites for hydroxylation is 2. The standard InChI is InChI=1S/C13H18N2O/c1-2-15-9-10(4-3-7-14)12-8-11(16)5-6-13(12)15/h5-6,8-9,16H,2-4,7,14H2,1H3. The lowest BCUT2D eigenvalue weighted by molar-refractivity contribution is 0.476. The lowest BCUT2D eigenvalue weighted by atomic mass is 10.1. The highest BCUT2D eigenvalue weighted by Crippen LogP contribution is 2.26. The number of fused-ring (bicyclic) bond motifs is 1. The Morgan fingerprint density at radius 2 is 2.19 bits per heavy atom. The van der Waals surface area contributed by atoms with E-state index in [1.807, 2.05) is 12.1 Å². The molecule has 86 valence electrons. The molecule has 1 heterocycles. The first-order valence-corrected chi connectivity index (χ1v) is 5.77. The van der Waals surface area contributed by atoms with Gasteiger partial charge in [-0.1, -0.05) is 0 Å². The van der Waals surface area contributed by atoms with E-state index < -0.39 is 0 Å². The summed E-state index contributed by atoms with van der Waals surface area (Å²) in [7, 11) is 0. The Morgan fingerprint density at radius 1 is 1.38 bits per heavy atom. The molecule has 0 aliphatic rings. The lowest BCUT2D eigenvalue weighted by Crippen LogP contribution is -1.99. The molecule has 3 heteroatoms. The van der Waals surface area contributed by atoms with Crippen LogP contribution < -0.4 is 5.73 Å². The van der Waals surface area contributed by atoms with Crippen LogP contribution in [0.25, 0.3) is 10.9 Å². The van der Waals surface area contributed by atoms with Crippen molar-refractivity contribution < 1.29 is 5.11 Å². The van der Waals surface area contributed by atoms with Crippen molar-refractivity contribution in [3.8, 4) is 5.75 Å². The number of rotatable bonds is 4. The summed E-state index contributed by atoms with van der Waals surface area (Å²) in [6, 6.07) is 5.55. The predicted molar refractivity (Wildman–Crippen MR) is 66.7 cm³/mol. The first kappa shape index (κ1) is 11.0. The van der Waals surface area contributed by atoms with Gasteiger partial charge in [-0.15, -0.1) is 0 Å². The SMILES string of the molecule is CCn1cc(CCCN)c2cc(O)ccc21. The summed E-state index contributed by atoms with van der Waals surface area (Å²) >= 11 is 0. The van der Waals surface area contributed by atoms with E-state index in [4.69, 9.17) is 5.73 Å². The molecule has 1 aromatic heterocycles. The Balaban J connectivity index is 2.50. The summed E-state index contributed by atoms with van der Waals surface area (Å²) in [5.74, 6) is 0.329.